The van der Waals surface area contributed by atoms with Gasteiger partial charge in [-0.15, -0.1) is 0 Å². The molecule has 0 unspecified atom stereocenters. The van der Waals surface area contributed by atoms with Crippen LogP contribution in [-0.4, -0.2) is 30.3 Å². The molecule has 0 aliphatic rings. The van der Waals surface area contributed by atoms with E-state index >= 15 is 0 Å². The molecule has 6 nitrogen and oxygen atoms in total. The third-order valence-electron chi connectivity index (χ3n) is 4.83. The first-order valence-corrected chi connectivity index (χ1v) is 9.32. The second kappa shape index (κ2) is 8.24. The summed E-state index contributed by atoms with van der Waals surface area (Å²) in [7, 11) is 3.12. The van der Waals surface area contributed by atoms with E-state index in [-0.39, 0.29) is 18.3 Å². The molecule has 0 radical (unpaired) electrons. The third kappa shape index (κ3) is 3.82. The van der Waals surface area contributed by atoms with E-state index in [0.29, 0.717) is 28.3 Å². The number of aromatic nitrogens is 2. The summed E-state index contributed by atoms with van der Waals surface area (Å²) in [6.07, 6.45) is 0. The zero-order valence-corrected chi connectivity index (χ0v) is 16.5. The van der Waals surface area contributed by atoms with Crippen molar-refractivity contribution in [2.24, 2.45) is 0 Å². The predicted octanol–water partition coefficient (Wildman–Crippen LogP) is 4.32. The highest BCUT2D eigenvalue weighted by atomic mass is 19.1. The molecule has 4 aromatic rings. The monoisotopic (exact) mass is 405 g/mol. The first-order chi connectivity index (χ1) is 14.6. The number of rotatable bonds is 6. The fourth-order valence-corrected chi connectivity index (χ4v) is 3.32. The molecule has 30 heavy (non-hydrogen) atoms. The molecular formula is C23H20FN3O3. The molecule has 152 valence electrons. The highest BCUT2D eigenvalue weighted by Crippen LogP contribution is 2.32. The van der Waals surface area contributed by atoms with E-state index in [1.54, 1.807) is 50.6 Å². The first-order valence-electron chi connectivity index (χ1n) is 9.32. The van der Waals surface area contributed by atoms with E-state index in [4.69, 9.17) is 9.47 Å². The average Bonchev–Trinajstić information content (AvgIpc) is 3.19. The Bertz CT molecular complexity index is 1220. The van der Waals surface area contributed by atoms with Crippen molar-refractivity contribution in [2.45, 2.75) is 6.54 Å². The van der Waals surface area contributed by atoms with E-state index in [1.807, 2.05) is 12.1 Å². The molecular weight excluding hydrogens is 385 g/mol. The molecule has 1 amide bonds. The molecule has 1 heterocycles. The molecule has 0 aliphatic carbocycles. The Balaban J connectivity index is 1.64. The van der Waals surface area contributed by atoms with Crippen molar-refractivity contribution >= 4 is 16.8 Å². The van der Waals surface area contributed by atoms with E-state index < -0.39 is 0 Å². The molecule has 7 heteroatoms. The quantitative estimate of drug-likeness (QED) is 0.501. The molecule has 0 fully saturated rings. The molecule has 0 atom stereocenters. The number of carbonyl (C=O) groups excluding carboxylic acids is 1. The highest BCUT2D eigenvalue weighted by molar-refractivity contribution is 5.96. The normalized spacial score (nSPS) is 10.8. The maximum atomic E-state index is 13.7. The number of nitrogens with zero attached hydrogens (tertiary/aromatic N) is 1. The van der Waals surface area contributed by atoms with Crippen LogP contribution >= 0.6 is 0 Å². The van der Waals surface area contributed by atoms with Gasteiger partial charge in [-0.3, -0.25) is 9.89 Å². The summed E-state index contributed by atoms with van der Waals surface area (Å²) in [6, 6.07) is 16.9. The molecule has 0 spiro atoms. The standard InChI is InChI=1S/C23H20FN3O3/c1-29-18-8-4-6-15(10-18)23(28)25-13-16-11-19-20(12-21(16)30-2)26-27-22(19)14-5-3-7-17(24)9-14/h3-12H,13H2,1-2H3,(H,25,28)(H,26,27). The highest BCUT2D eigenvalue weighted by Gasteiger charge is 2.15. The zero-order chi connectivity index (χ0) is 21.1. The predicted molar refractivity (Wildman–Crippen MR) is 112 cm³/mol. The first kappa shape index (κ1) is 19.4. The van der Waals surface area contributed by atoms with Gasteiger partial charge in [0.25, 0.3) is 5.91 Å². The Labute approximate surface area is 172 Å². The summed E-state index contributed by atoms with van der Waals surface area (Å²) in [5.41, 5.74) is 3.33. The van der Waals surface area contributed by atoms with Gasteiger partial charge in [0, 0.05) is 34.7 Å². The summed E-state index contributed by atoms with van der Waals surface area (Å²) in [5, 5.41) is 11.0. The van der Waals surface area contributed by atoms with Gasteiger partial charge in [-0.05, 0) is 36.4 Å². The topological polar surface area (TPSA) is 76.2 Å². The van der Waals surface area contributed by atoms with Crippen molar-refractivity contribution < 1.29 is 18.7 Å². The number of aromatic amines is 1. The van der Waals surface area contributed by atoms with Crippen LogP contribution in [0, 0.1) is 5.82 Å². The zero-order valence-electron chi connectivity index (χ0n) is 16.5. The fraction of sp³-hybridized carbons (Fsp3) is 0.130. The van der Waals surface area contributed by atoms with Crippen LogP contribution in [0.15, 0.2) is 60.7 Å². The number of ether oxygens (including phenoxy) is 2. The van der Waals surface area contributed by atoms with Gasteiger partial charge >= 0.3 is 0 Å². The smallest absolute Gasteiger partial charge is 0.251 e. The van der Waals surface area contributed by atoms with Gasteiger partial charge < -0.3 is 14.8 Å². The maximum Gasteiger partial charge on any atom is 0.251 e. The number of amides is 1. The maximum absolute atomic E-state index is 13.7. The van der Waals surface area contributed by atoms with E-state index in [2.05, 4.69) is 15.5 Å². The SMILES string of the molecule is COc1cccc(C(=O)NCc2cc3c(-c4cccc(F)c4)n[nH]c3cc2OC)c1. The van der Waals surface area contributed by atoms with Crippen LogP contribution in [-0.2, 0) is 6.54 Å². The van der Waals surface area contributed by atoms with Gasteiger partial charge in [-0.2, -0.15) is 5.10 Å². The lowest BCUT2D eigenvalue weighted by molar-refractivity contribution is 0.0950. The number of carbonyl (C=O) groups is 1. The minimum absolute atomic E-state index is 0.228. The largest absolute Gasteiger partial charge is 0.497 e. The van der Waals surface area contributed by atoms with Gasteiger partial charge in [0.05, 0.1) is 19.7 Å². The lowest BCUT2D eigenvalue weighted by Gasteiger charge is -2.11. The van der Waals surface area contributed by atoms with Crippen LogP contribution in [0.5, 0.6) is 11.5 Å². The molecule has 0 aliphatic heterocycles. The minimum Gasteiger partial charge on any atom is -0.497 e. The van der Waals surface area contributed by atoms with Gasteiger partial charge in [0.15, 0.2) is 0 Å². The fourth-order valence-electron chi connectivity index (χ4n) is 3.32. The van der Waals surface area contributed by atoms with Gasteiger partial charge in [0.2, 0.25) is 0 Å². The molecule has 4 rings (SSSR count). The number of nitrogens with one attached hydrogen (secondary N) is 2. The van der Waals surface area contributed by atoms with E-state index in [0.717, 1.165) is 16.5 Å². The Morgan fingerprint density at radius 2 is 1.90 bits per heavy atom. The number of halogens is 1. The van der Waals surface area contributed by atoms with Gasteiger partial charge in [-0.25, -0.2) is 4.39 Å². The van der Waals surface area contributed by atoms with Crippen LogP contribution in [0.3, 0.4) is 0 Å². The third-order valence-corrected chi connectivity index (χ3v) is 4.83. The van der Waals surface area contributed by atoms with Gasteiger partial charge in [0.1, 0.15) is 23.0 Å². The Morgan fingerprint density at radius 1 is 1.07 bits per heavy atom. The van der Waals surface area contributed by atoms with Crippen molar-refractivity contribution in [2.75, 3.05) is 14.2 Å². The van der Waals surface area contributed by atoms with Crippen LogP contribution in [0.25, 0.3) is 22.2 Å². The van der Waals surface area contributed by atoms with Crippen molar-refractivity contribution in [1.29, 1.82) is 0 Å². The van der Waals surface area contributed by atoms with E-state index in [1.165, 1.54) is 12.1 Å². The molecule has 0 saturated carbocycles. The van der Waals surface area contributed by atoms with Crippen molar-refractivity contribution in [3.8, 4) is 22.8 Å². The Hall–Kier alpha value is -3.87. The second-order valence-corrected chi connectivity index (χ2v) is 6.71. The number of hydrogen-bond acceptors (Lipinski definition) is 4. The van der Waals surface area contributed by atoms with Crippen LogP contribution in [0.4, 0.5) is 4.39 Å². The summed E-state index contributed by atoms with van der Waals surface area (Å²) in [4.78, 5) is 12.6. The van der Waals surface area contributed by atoms with Gasteiger partial charge in [-0.1, -0.05) is 18.2 Å². The molecule has 2 N–H and O–H groups in total. The van der Waals surface area contributed by atoms with Crippen molar-refractivity contribution in [3.63, 3.8) is 0 Å². The summed E-state index contributed by atoms with van der Waals surface area (Å²) < 4.78 is 24.3. The number of fused-ring (bicyclic) bond motifs is 1. The molecule has 0 saturated heterocycles. The van der Waals surface area contributed by atoms with Crippen LogP contribution in [0.2, 0.25) is 0 Å². The Kier molecular flexibility index (Phi) is 5.34. The summed E-state index contributed by atoms with van der Waals surface area (Å²) in [5.74, 6) is 0.666. The number of H-pyrrole nitrogens is 1. The number of hydrogen-bond donors (Lipinski definition) is 2. The van der Waals surface area contributed by atoms with E-state index in [9.17, 15) is 9.18 Å². The number of methoxy groups -OCH3 is 2. The summed E-state index contributed by atoms with van der Waals surface area (Å²) >= 11 is 0. The summed E-state index contributed by atoms with van der Waals surface area (Å²) in [6.45, 7) is 0.253. The lowest BCUT2D eigenvalue weighted by Crippen LogP contribution is -2.23. The molecule has 0 bridgehead atoms. The second-order valence-electron chi connectivity index (χ2n) is 6.71. The average molecular weight is 405 g/mol. The van der Waals surface area contributed by atoms with Crippen molar-refractivity contribution in [3.05, 3.63) is 77.6 Å². The molecule has 3 aromatic carbocycles. The van der Waals surface area contributed by atoms with Crippen molar-refractivity contribution in [1.82, 2.24) is 15.5 Å². The van der Waals surface area contributed by atoms with Crippen LogP contribution in [0.1, 0.15) is 15.9 Å². The Morgan fingerprint density at radius 3 is 2.67 bits per heavy atom. The molecule has 1 aromatic heterocycles. The lowest BCUT2D eigenvalue weighted by atomic mass is 10.0. The van der Waals surface area contributed by atoms with Crippen LogP contribution < -0.4 is 14.8 Å². The minimum atomic E-state index is -0.331. The number of benzene rings is 3.